The number of aromatic amines is 1. The first-order chi connectivity index (χ1) is 12.0. The second-order valence-corrected chi connectivity index (χ2v) is 7.86. The number of rotatable bonds is 4. The van der Waals surface area contributed by atoms with Gasteiger partial charge in [-0.3, -0.25) is 0 Å². The monoisotopic (exact) mass is 335 g/mol. The van der Waals surface area contributed by atoms with Crippen LogP contribution in [0.5, 0.6) is 0 Å². The molecule has 130 valence electrons. The molecule has 25 heavy (non-hydrogen) atoms. The summed E-state index contributed by atoms with van der Waals surface area (Å²) >= 11 is 0. The van der Waals surface area contributed by atoms with Gasteiger partial charge in [0.2, 0.25) is 5.95 Å². The molecule has 0 unspecified atom stereocenters. The molecule has 0 bridgehead atoms. The second kappa shape index (κ2) is 6.06. The minimum atomic E-state index is 0.151. The molecule has 1 aliphatic rings. The summed E-state index contributed by atoms with van der Waals surface area (Å²) in [4.78, 5) is 12.5. The number of nitrogens with zero attached hydrogens (tertiary/aromatic N) is 2. The Morgan fingerprint density at radius 2 is 1.80 bits per heavy atom. The number of anilines is 3. The van der Waals surface area contributed by atoms with Crippen molar-refractivity contribution in [3.05, 3.63) is 42.1 Å². The summed E-state index contributed by atoms with van der Waals surface area (Å²) in [5.41, 5.74) is 3.31. The van der Waals surface area contributed by atoms with Gasteiger partial charge in [0.25, 0.3) is 0 Å². The molecule has 5 nitrogen and oxygen atoms in total. The maximum absolute atomic E-state index is 4.71. The lowest BCUT2D eigenvalue weighted by atomic mass is 9.87. The molecule has 0 radical (unpaired) electrons. The fraction of sp³-hybridized carbons (Fsp3) is 0.400. The molecule has 0 aliphatic heterocycles. The van der Waals surface area contributed by atoms with Gasteiger partial charge in [-0.1, -0.05) is 32.9 Å². The Balaban J connectivity index is 1.60. The molecule has 0 saturated heterocycles. The van der Waals surface area contributed by atoms with Crippen molar-refractivity contribution in [2.75, 3.05) is 10.6 Å². The van der Waals surface area contributed by atoms with Crippen LogP contribution in [0.25, 0.3) is 11.0 Å². The molecule has 1 saturated carbocycles. The highest BCUT2D eigenvalue weighted by atomic mass is 15.2. The fourth-order valence-electron chi connectivity index (χ4n) is 3.04. The Morgan fingerprint density at radius 3 is 2.44 bits per heavy atom. The zero-order chi connectivity index (χ0) is 17.4. The highest BCUT2D eigenvalue weighted by Gasteiger charge is 2.19. The molecule has 4 rings (SSSR count). The molecular weight excluding hydrogens is 310 g/mol. The van der Waals surface area contributed by atoms with Gasteiger partial charge < -0.3 is 15.6 Å². The fourth-order valence-corrected chi connectivity index (χ4v) is 3.04. The lowest BCUT2D eigenvalue weighted by Crippen LogP contribution is -2.27. The number of nitrogens with one attached hydrogen (secondary N) is 3. The van der Waals surface area contributed by atoms with E-state index >= 15 is 0 Å². The zero-order valence-electron chi connectivity index (χ0n) is 15.1. The van der Waals surface area contributed by atoms with E-state index in [0.717, 1.165) is 22.5 Å². The average Bonchev–Trinajstić information content (AvgIpc) is 2.99. The molecule has 2 heterocycles. The van der Waals surface area contributed by atoms with E-state index in [1.165, 1.54) is 24.8 Å². The lowest BCUT2D eigenvalue weighted by Gasteiger charge is -2.27. The van der Waals surface area contributed by atoms with E-state index < -0.39 is 0 Å². The third-order valence-corrected chi connectivity index (χ3v) is 4.87. The summed E-state index contributed by atoms with van der Waals surface area (Å²) in [7, 11) is 0. The lowest BCUT2D eigenvalue weighted by molar-refractivity contribution is 0.445. The van der Waals surface area contributed by atoms with Crippen LogP contribution < -0.4 is 10.6 Å². The van der Waals surface area contributed by atoms with Crippen molar-refractivity contribution in [2.45, 2.75) is 51.5 Å². The highest BCUT2D eigenvalue weighted by Crippen LogP contribution is 2.29. The topological polar surface area (TPSA) is 65.6 Å². The van der Waals surface area contributed by atoms with E-state index in [1.807, 2.05) is 12.3 Å². The largest absolute Gasteiger partial charge is 0.367 e. The Morgan fingerprint density at radius 1 is 1.04 bits per heavy atom. The van der Waals surface area contributed by atoms with Crippen LogP contribution in [0.1, 0.15) is 45.6 Å². The van der Waals surface area contributed by atoms with E-state index in [2.05, 4.69) is 65.6 Å². The number of hydrogen-bond donors (Lipinski definition) is 3. The van der Waals surface area contributed by atoms with Crippen molar-refractivity contribution in [2.24, 2.45) is 0 Å². The highest BCUT2D eigenvalue weighted by molar-refractivity contribution is 5.88. The van der Waals surface area contributed by atoms with Crippen molar-refractivity contribution in [1.29, 1.82) is 0 Å². The van der Waals surface area contributed by atoms with E-state index in [-0.39, 0.29) is 5.41 Å². The molecule has 0 atom stereocenters. The second-order valence-electron chi connectivity index (χ2n) is 7.86. The van der Waals surface area contributed by atoms with Crippen LogP contribution in [-0.2, 0) is 5.41 Å². The third kappa shape index (κ3) is 3.31. The van der Waals surface area contributed by atoms with Gasteiger partial charge >= 0.3 is 0 Å². The molecule has 0 amide bonds. The molecule has 0 spiro atoms. The van der Waals surface area contributed by atoms with Gasteiger partial charge in [-0.15, -0.1) is 0 Å². The summed E-state index contributed by atoms with van der Waals surface area (Å²) in [5, 5.41) is 7.93. The molecule has 3 N–H and O–H groups in total. The zero-order valence-corrected chi connectivity index (χ0v) is 15.1. The SMILES string of the molecule is CC(C)(C)c1ccc(Nc2nc(NC3CCC3)c3cc[nH]c3n2)cc1. The molecule has 1 fully saturated rings. The standard InChI is InChI=1S/C20H25N5/c1-20(2,3)13-7-9-15(10-8-13)23-19-24-17-16(11-12-21-17)18(25-19)22-14-5-4-6-14/h7-12,14H,4-6H2,1-3H3,(H3,21,22,23,24,25). The van der Waals surface area contributed by atoms with Gasteiger partial charge in [0, 0.05) is 17.9 Å². The Labute approximate surface area is 148 Å². The maximum atomic E-state index is 4.71. The summed E-state index contributed by atoms with van der Waals surface area (Å²) in [6, 6.07) is 11.0. The van der Waals surface area contributed by atoms with Gasteiger partial charge in [-0.2, -0.15) is 9.97 Å². The normalized spacial score (nSPS) is 15.2. The van der Waals surface area contributed by atoms with Crippen molar-refractivity contribution in [3.63, 3.8) is 0 Å². The Bertz CT molecular complexity index is 869. The molecule has 3 aromatic rings. The average molecular weight is 335 g/mol. The van der Waals surface area contributed by atoms with Crippen LogP contribution in [0.15, 0.2) is 36.5 Å². The number of aromatic nitrogens is 3. The molecular formula is C20H25N5. The molecule has 2 aromatic heterocycles. The van der Waals surface area contributed by atoms with Crippen molar-refractivity contribution < 1.29 is 0 Å². The van der Waals surface area contributed by atoms with Gasteiger partial charge in [-0.25, -0.2) is 0 Å². The predicted octanol–water partition coefficient (Wildman–Crippen LogP) is 4.96. The number of benzene rings is 1. The Kier molecular flexibility index (Phi) is 3.86. The summed E-state index contributed by atoms with van der Waals surface area (Å²) in [6.45, 7) is 6.66. The van der Waals surface area contributed by atoms with Gasteiger partial charge in [0.1, 0.15) is 11.5 Å². The first kappa shape index (κ1) is 15.9. The van der Waals surface area contributed by atoms with Crippen molar-refractivity contribution in [3.8, 4) is 0 Å². The number of hydrogen-bond acceptors (Lipinski definition) is 4. The van der Waals surface area contributed by atoms with E-state index in [4.69, 9.17) is 4.98 Å². The summed E-state index contributed by atoms with van der Waals surface area (Å²) in [6.07, 6.45) is 5.64. The minimum absolute atomic E-state index is 0.151. The van der Waals surface area contributed by atoms with Crippen LogP contribution in [0, 0.1) is 0 Å². The first-order valence-corrected chi connectivity index (χ1v) is 8.98. The molecule has 1 aromatic carbocycles. The maximum Gasteiger partial charge on any atom is 0.231 e. The number of fused-ring (bicyclic) bond motifs is 1. The smallest absolute Gasteiger partial charge is 0.231 e. The van der Waals surface area contributed by atoms with E-state index in [9.17, 15) is 0 Å². The van der Waals surface area contributed by atoms with Crippen LogP contribution in [0.3, 0.4) is 0 Å². The van der Waals surface area contributed by atoms with Gasteiger partial charge in [-0.05, 0) is 48.4 Å². The van der Waals surface area contributed by atoms with Crippen LogP contribution in [0.4, 0.5) is 17.5 Å². The first-order valence-electron chi connectivity index (χ1n) is 8.98. The Hall–Kier alpha value is -2.56. The van der Waals surface area contributed by atoms with Gasteiger partial charge in [0.15, 0.2) is 0 Å². The quantitative estimate of drug-likeness (QED) is 0.630. The summed E-state index contributed by atoms with van der Waals surface area (Å²) < 4.78 is 0. The predicted molar refractivity (Wildman–Crippen MR) is 104 cm³/mol. The van der Waals surface area contributed by atoms with Crippen molar-refractivity contribution in [1.82, 2.24) is 15.0 Å². The van der Waals surface area contributed by atoms with Crippen LogP contribution in [0.2, 0.25) is 0 Å². The van der Waals surface area contributed by atoms with Gasteiger partial charge in [0.05, 0.1) is 5.39 Å². The van der Waals surface area contributed by atoms with Crippen LogP contribution in [-0.4, -0.2) is 21.0 Å². The molecule has 5 heteroatoms. The van der Waals surface area contributed by atoms with Crippen LogP contribution >= 0.6 is 0 Å². The number of H-pyrrole nitrogens is 1. The third-order valence-electron chi connectivity index (χ3n) is 4.87. The van der Waals surface area contributed by atoms with E-state index in [1.54, 1.807) is 0 Å². The molecule has 1 aliphatic carbocycles. The van der Waals surface area contributed by atoms with E-state index in [0.29, 0.717) is 12.0 Å². The van der Waals surface area contributed by atoms with Crippen molar-refractivity contribution >= 4 is 28.5 Å². The minimum Gasteiger partial charge on any atom is -0.367 e. The summed E-state index contributed by atoms with van der Waals surface area (Å²) in [5.74, 6) is 1.52.